The standard InChI is InChI=1S/C10H12N2O4/c1-3-12-5-4-7(11-12)8(13)6-9(14)10(15)16-2/h4-5H,3,6H2,1-2H3. The Morgan fingerprint density at radius 1 is 1.44 bits per heavy atom. The minimum absolute atomic E-state index is 0.180. The van der Waals surface area contributed by atoms with Gasteiger partial charge in [0, 0.05) is 12.7 Å². The van der Waals surface area contributed by atoms with Crippen LogP contribution in [0.3, 0.4) is 0 Å². The van der Waals surface area contributed by atoms with Crippen molar-refractivity contribution in [3.8, 4) is 0 Å². The maximum absolute atomic E-state index is 11.5. The lowest BCUT2D eigenvalue weighted by Gasteiger charge is -1.96. The topological polar surface area (TPSA) is 78.3 Å². The first-order chi connectivity index (χ1) is 7.58. The van der Waals surface area contributed by atoms with Gasteiger partial charge in [0.15, 0.2) is 5.78 Å². The summed E-state index contributed by atoms with van der Waals surface area (Å²) in [6.45, 7) is 2.51. The Hall–Kier alpha value is -1.98. The van der Waals surface area contributed by atoms with E-state index in [1.54, 1.807) is 10.9 Å². The highest BCUT2D eigenvalue weighted by Gasteiger charge is 2.20. The predicted molar refractivity (Wildman–Crippen MR) is 53.9 cm³/mol. The number of ether oxygens (including phenoxy) is 1. The van der Waals surface area contributed by atoms with Crippen LogP contribution in [-0.4, -0.2) is 34.4 Å². The minimum atomic E-state index is -1.01. The number of rotatable bonds is 5. The number of methoxy groups -OCH3 is 1. The highest BCUT2D eigenvalue weighted by molar-refractivity contribution is 6.37. The number of aromatic nitrogens is 2. The van der Waals surface area contributed by atoms with E-state index in [1.165, 1.54) is 6.07 Å². The third-order valence-corrected chi connectivity index (χ3v) is 1.98. The summed E-state index contributed by atoms with van der Waals surface area (Å²) in [4.78, 5) is 33.4. The van der Waals surface area contributed by atoms with Gasteiger partial charge < -0.3 is 4.74 Å². The highest BCUT2D eigenvalue weighted by atomic mass is 16.5. The van der Waals surface area contributed by atoms with Gasteiger partial charge in [-0.05, 0) is 13.0 Å². The van der Waals surface area contributed by atoms with Crippen LogP contribution in [0.4, 0.5) is 0 Å². The summed E-state index contributed by atoms with van der Waals surface area (Å²) >= 11 is 0. The van der Waals surface area contributed by atoms with Crippen LogP contribution < -0.4 is 0 Å². The number of carbonyl (C=O) groups is 3. The Morgan fingerprint density at radius 2 is 2.12 bits per heavy atom. The van der Waals surface area contributed by atoms with Gasteiger partial charge in [0.1, 0.15) is 5.69 Å². The molecule has 0 amide bonds. The van der Waals surface area contributed by atoms with E-state index < -0.39 is 24.0 Å². The zero-order valence-electron chi connectivity index (χ0n) is 9.10. The molecule has 0 unspecified atom stereocenters. The van der Waals surface area contributed by atoms with Crippen molar-refractivity contribution in [2.24, 2.45) is 0 Å². The number of Topliss-reactive ketones (excluding diaryl/α,β-unsaturated/α-hetero) is 2. The Balaban J connectivity index is 2.65. The maximum atomic E-state index is 11.5. The average Bonchev–Trinajstić information content (AvgIpc) is 2.76. The molecule has 86 valence electrons. The van der Waals surface area contributed by atoms with Gasteiger partial charge in [-0.15, -0.1) is 0 Å². The molecule has 1 aromatic heterocycles. The molecule has 16 heavy (non-hydrogen) atoms. The average molecular weight is 224 g/mol. The van der Waals surface area contributed by atoms with E-state index in [1.807, 2.05) is 6.92 Å². The monoisotopic (exact) mass is 224 g/mol. The van der Waals surface area contributed by atoms with Crippen LogP contribution in [0.1, 0.15) is 23.8 Å². The number of hydrogen-bond donors (Lipinski definition) is 0. The molecule has 6 heteroatoms. The van der Waals surface area contributed by atoms with E-state index in [-0.39, 0.29) is 5.69 Å². The largest absolute Gasteiger partial charge is 0.463 e. The molecule has 0 spiro atoms. The van der Waals surface area contributed by atoms with E-state index in [9.17, 15) is 14.4 Å². The van der Waals surface area contributed by atoms with Crippen LogP contribution in [0.5, 0.6) is 0 Å². The normalized spacial score (nSPS) is 9.88. The molecule has 1 aromatic rings. The summed E-state index contributed by atoms with van der Waals surface area (Å²) in [5, 5.41) is 3.93. The van der Waals surface area contributed by atoms with Crippen molar-refractivity contribution in [1.82, 2.24) is 9.78 Å². The number of nitrogens with zero attached hydrogens (tertiary/aromatic N) is 2. The second-order valence-corrected chi connectivity index (χ2v) is 3.07. The Bertz CT molecular complexity index is 422. The lowest BCUT2D eigenvalue weighted by molar-refractivity contribution is -0.151. The molecule has 0 aromatic carbocycles. The molecule has 6 nitrogen and oxygen atoms in total. The SMILES string of the molecule is CCn1ccc(C(=O)CC(=O)C(=O)OC)n1. The number of hydrogen-bond acceptors (Lipinski definition) is 5. The number of ketones is 2. The molecule has 0 saturated heterocycles. The van der Waals surface area contributed by atoms with E-state index in [4.69, 9.17) is 0 Å². The summed E-state index contributed by atoms with van der Waals surface area (Å²) in [6.07, 6.45) is 1.13. The summed E-state index contributed by atoms with van der Waals surface area (Å²) in [6, 6.07) is 1.51. The second kappa shape index (κ2) is 5.20. The van der Waals surface area contributed by atoms with E-state index in [0.717, 1.165) is 7.11 Å². The molecule has 1 rings (SSSR count). The fourth-order valence-electron chi connectivity index (χ4n) is 1.11. The first-order valence-electron chi connectivity index (χ1n) is 4.76. The lowest BCUT2D eigenvalue weighted by atomic mass is 10.1. The molecule has 0 N–H and O–H groups in total. The van der Waals surface area contributed by atoms with Crippen LogP contribution in [-0.2, 0) is 20.9 Å². The molecule has 0 bridgehead atoms. The summed E-state index contributed by atoms with van der Waals surface area (Å²) in [5.74, 6) is -2.36. The molecular formula is C10H12N2O4. The minimum Gasteiger partial charge on any atom is -0.463 e. The molecule has 0 aliphatic carbocycles. The first kappa shape index (κ1) is 12.1. The predicted octanol–water partition coefficient (Wildman–Crippen LogP) is 0.218. The van der Waals surface area contributed by atoms with Crippen molar-refractivity contribution in [2.45, 2.75) is 19.9 Å². The van der Waals surface area contributed by atoms with Gasteiger partial charge in [-0.1, -0.05) is 0 Å². The van der Waals surface area contributed by atoms with Crippen molar-refractivity contribution in [1.29, 1.82) is 0 Å². The van der Waals surface area contributed by atoms with Gasteiger partial charge in [0.05, 0.1) is 13.5 Å². The van der Waals surface area contributed by atoms with E-state index in [0.29, 0.717) is 6.54 Å². The van der Waals surface area contributed by atoms with Gasteiger partial charge in [-0.3, -0.25) is 14.3 Å². The van der Waals surface area contributed by atoms with Crippen LogP contribution in [0.2, 0.25) is 0 Å². The molecule has 0 saturated carbocycles. The van der Waals surface area contributed by atoms with E-state index >= 15 is 0 Å². The van der Waals surface area contributed by atoms with Crippen LogP contribution in [0.15, 0.2) is 12.3 Å². The zero-order chi connectivity index (χ0) is 12.1. The van der Waals surface area contributed by atoms with Gasteiger partial charge in [0.2, 0.25) is 5.78 Å². The third kappa shape index (κ3) is 2.75. The first-order valence-corrected chi connectivity index (χ1v) is 4.76. The molecule has 0 aliphatic heterocycles. The summed E-state index contributed by atoms with van der Waals surface area (Å²) in [7, 11) is 1.09. The fourth-order valence-corrected chi connectivity index (χ4v) is 1.11. The highest BCUT2D eigenvalue weighted by Crippen LogP contribution is 2.01. The molecular weight excluding hydrogens is 212 g/mol. The van der Waals surface area contributed by atoms with Crippen molar-refractivity contribution in [3.05, 3.63) is 18.0 Å². The van der Waals surface area contributed by atoms with Crippen LogP contribution in [0, 0.1) is 0 Å². The summed E-state index contributed by atoms with van der Waals surface area (Å²) in [5.41, 5.74) is 0.180. The van der Waals surface area contributed by atoms with E-state index in [2.05, 4.69) is 9.84 Å². The van der Waals surface area contributed by atoms with Gasteiger partial charge in [-0.2, -0.15) is 5.10 Å². The van der Waals surface area contributed by atoms with Gasteiger partial charge in [0.25, 0.3) is 0 Å². The van der Waals surface area contributed by atoms with Crippen LogP contribution >= 0.6 is 0 Å². The number of carbonyl (C=O) groups excluding carboxylic acids is 3. The molecule has 0 aliphatic rings. The van der Waals surface area contributed by atoms with Crippen LogP contribution in [0.25, 0.3) is 0 Å². The van der Waals surface area contributed by atoms with Gasteiger partial charge in [-0.25, -0.2) is 4.79 Å². The molecule has 1 heterocycles. The van der Waals surface area contributed by atoms with Crippen molar-refractivity contribution < 1.29 is 19.1 Å². The molecule has 0 radical (unpaired) electrons. The zero-order valence-corrected chi connectivity index (χ0v) is 9.10. The van der Waals surface area contributed by atoms with Crippen molar-refractivity contribution >= 4 is 17.5 Å². The quantitative estimate of drug-likeness (QED) is 0.309. The Kier molecular flexibility index (Phi) is 3.93. The number of esters is 1. The third-order valence-electron chi connectivity index (χ3n) is 1.98. The smallest absolute Gasteiger partial charge is 0.374 e. The maximum Gasteiger partial charge on any atom is 0.374 e. The Labute approximate surface area is 92.2 Å². The second-order valence-electron chi connectivity index (χ2n) is 3.07. The molecule has 0 fully saturated rings. The molecule has 0 atom stereocenters. The Morgan fingerprint density at radius 3 is 2.62 bits per heavy atom. The fraction of sp³-hybridized carbons (Fsp3) is 0.400. The van der Waals surface area contributed by atoms with Crippen molar-refractivity contribution in [2.75, 3.05) is 7.11 Å². The summed E-state index contributed by atoms with van der Waals surface area (Å²) < 4.78 is 5.77. The lowest BCUT2D eigenvalue weighted by Crippen LogP contribution is -2.19. The number of aryl methyl sites for hydroxylation is 1. The van der Waals surface area contributed by atoms with Crippen molar-refractivity contribution in [3.63, 3.8) is 0 Å². The van der Waals surface area contributed by atoms with Gasteiger partial charge >= 0.3 is 5.97 Å².